The van der Waals surface area contributed by atoms with Gasteiger partial charge in [0.15, 0.2) is 0 Å². The Morgan fingerprint density at radius 1 is 0.926 bits per heavy atom. The fraction of sp³-hybridized carbons (Fsp3) is 0.278. The van der Waals surface area contributed by atoms with Crippen LogP contribution in [-0.2, 0) is 16.6 Å². The number of sulfonamides is 1. The summed E-state index contributed by atoms with van der Waals surface area (Å²) in [5, 5.41) is 5.12. The molecule has 0 unspecified atom stereocenters. The summed E-state index contributed by atoms with van der Waals surface area (Å²) in [5.74, 6) is 0.0118. The van der Waals surface area contributed by atoms with Gasteiger partial charge in [-0.1, -0.05) is 12.1 Å². The number of rotatable bonds is 4. The van der Waals surface area contributed by atoms with E-state index in [4.69, 9.17) is 10.9 Å². The first-order chi connectivity index (χ1) is 12.4. The number of hydrogen-bond donors (Lipinski definition) is 2. The van der Waals surface area contributed by atoms with Gasteiger partial charge in [0.05, 0.1) is 4.90 Å². The maximum atomic E-state index is 12.6. The van der Waals surface area contributed by atoms with E-state index in [1.807, 2.05) is 29.2 Å². The zero-order valence-electron chi connectivity index (χ0n) is 14.7. The van der Waals surface area contributed by atoms with Gasteiger partial charge in [0.1, 0.15) is 0 Å². The van der Waals surface area contributed by atoms with Gasteiger partial charge in [0, 0.05) is 44.0 Å². The van der Waals surface area contributed by atoms with Crippen molar-refractivity contribution in [2.75, 3.05) is 31.1 Å². The van der Waals surface area contributed by atoms with Crippen molar-refractivity contribution in [3.8, 4) is 0 Å². The topological polar surface area (TPSA) is 110 Å². The fourth-order valence-corrected chi connectivity index (χ4v) is 3.50. The summed E-state index contributed by atoms with van der Waals surface area (Å²) < 4.78 is 22.7. The number of nitrogens with two attached hydrogens (primary N) is 2. The third kappa shape index (κ3) is 4.98. The highest BCUT2D eigenvalue weighted by Crippen LogP contribution is 2.20. The number of anilines is 1. The molecule has 146 valence electrons. The SMILES string of the molecule is Cl.NCc1ccc(C(=O)N2CCN(c3ccc(S(N)(=O)=O)cc3)CC2)cc1. The molecule has 1 amide bonds. The van der Waals surface area contributed by atoms with Crippen LogP contribution in [-0.4, -0.2) is 45.4 Å². The van der Waals surface area contributed by atoms with E-state index in [2.05, 4.69) is 4.90 Å². The van der Waals surface area contributed by atoms with Crippen LogP contribution in [0.4, 0.5) is 5.69 Å². The van der Waals surface area contributed by atoms with Gasteiger partial charge in [-0.3, -0.25) is 4.79 Å². The van der Waals surface area contributed by atoms with Crippen LogP contribution in [0.3, 0.4) is 0 Å². The molecule has 0 aliphatic carbocycles. The minimum absolute atomic E-state index is 0. The first-order valence-corrected chi connectivity index (χ1v) is 9.89. The quantitative estimate of drug-likeness (QED) is 0.786. The Kier molecular flexibility index (Phi) is 6.83. The van der Waals surface area contributed by atoms with Gasteiger partial charge in [0.25, 0.3) is 5.91 Å². The Hall–Kier alpha value is -2.13. The van der Waals surface area contributed by atoms with E-state index < -0.39 is 10.0 Å². The van der Waals surface area contributed by atoms with Crippen molar-refractivity contribution in [2.24, 2.45) is 10.9 Å². The molecule has 2 aromatic rings. The average molecular weight is 411 g/mol. The maximum absolute atomic E-state index is 12.6. The molecule has 1 fully saturated rings. The molecule has 1 aliphatic rings. The highest BCUT2D eigenvalue weighted by molar-refractivity contribution is 7.89. The molecule has 0 spiro atoms. The van der Waals surface area contributed by atoms with Gasteiger partial charge in [-0.15, -0.1) is 12.4 Å². The van der Waals surface area contributed by atoms with E-state index in [0.29, 0.717) is 38.3 Å². The monoisotopic (exact) mass is 410 g/mol. The molecule has 0 saturated carbocycles. The van der Waals surface area contributed by atoms with Gasteiger partial charge in [-0.05, 0) is 42.0 Å². The largest absolute Gasteiger partial charge is 0.368 e. The van der Waals surface area contributed by atoms with E-state index in [9.17, 15) is 13.2 Å². The number of carbonyl (C=O) groups is 1. The van der Waals surface area contributed by atoms with Gasteiger partial charge >= 0.3 is 0 Å². The third-order valence-electron chi connectivity index (χ3n) is 4.53. The van der Waals surface area contributed by atoms with Crippen molar-refractivity contribution in [3.63, 3.8) is 0 Å². The summed E-state index contributed by atoms with van der Waals surface area (Å²) in [4.78, 5) is 16.6. The molecule has 0 aromatic heterocycles. The fourth-order valence-electron chi connectivity index (χ4n) is 2.98. The average Bonchev–Trinajstić information content (AvgIpc) is 2.67. The standard InChI is InChI=1S/C18H22N4O3S.ClH/c19-13-14-1-3-15(4-2-14)18(23)22-11-9-21(10-12-22)16-5-7-17(8-6-16)26(20,24)25;/h1-8H,9-13,19H2,(H2,20,24,25);1H. The molecule has 1 saturated heterocycles. The lowest BCUT2D eigenvalue weighted by molar-refractivity contribution is 0.0746. The molecule has 9 heteroatoms. The second kappa shape index (κ2) is 8.71. The summed E-state index contributed by atoms with van der Waals surface area (Å²) in [5.41, 5.74) is 8.15. The highest BCUT2D eigenvalue weighted by Gasteiger charge is 2.22. The Balaban J connectivity index is 0.00000261. The van der Waals surface area contributed by atoms with E-state index in [0.717, 1.165) is 11.3 Å². The van der Waals surface area contributed by atoms with Crippen LogP contribution in [0.25, 0.3) is 0 Å². The lowest BCUT2D eigenvalue weighted by atomic mass is 10.1. The van der Waals surface area contributed by atoms with Gasteiger partial charge < -0.3 is 15.5 Å². The number of piperazine rings is 1. The Morgan fingerprint density at radius 2 is 1.48 bits per heavy atom. The Labute approximate surface area is 165 Å². The molecule has 0 atom stereocenters. The maximum Gasteiger partial charge on any atom is 0.253 e. The zero-order valence-corrected chi connectivity index (χ0v) is 16.4. The normalized spacial score (nSPS) is 14.6. The second-order valence-electron chi connectivity index (χ2n) is 6.22. The molecular formula is C18H23ClN4O3S. The molecule has 2 aromatic carbocycles. The lowest BCUT2D eigenvalue weighted by Gasteiger charge is -2.36. The van der Waals surface area contributed by atoms with Crippen LogP contribution in [0, 0.1) is 0 Å². The van der Waals surface area contributed by atoms with E-state index in [1.165, 1.54) is 12.1 Å². The van der Waals surface area contributed by atoms with Crippen LogP contribution in [0.5, 0.6) is 0 Å². The summed E-state index contributed by atoms with van der Waals surface area (Å²) in [6.45, 7) is 3.03. The van der Waals surface area contributed by atoms with Crippen molar-refractivity contribution in [1.29, 1.82) is 0 Å². The molecule has 1 aliphatic heterocycles. The van der Waals surface area contributed by atoms with Gasteiger partial charge in [-0.2, -0.15) is 0 Å². The minimum atomic E-state index is -3.69. The van der Waals surface area contributed by atoms with Crippen molar-refractivity contribution >= 4 is 34.0 Å². The number of halogens is 1. The summed E-state index contributed by atoms with van der Waals surface area (Å²) in [6, 6.07) is 13.8. The van der Waals surface area contributed by atoms with E-state index in [-0.39, 0.29) is 23.2 Å². The Morgan fingerprint density at radius 3 is 1.96 bits per heavy atom. The second-order valence-corrected chi connectivity index (χ2v) is 7.78. The molecule has 7 nitrogen and oxygen atoms in total. The van der Waals surface area contributed by atoms with Crippen LogP contribution in [0.2, 0.25) is 0 Å². The molecular weight excluding hydrogens is 388 g/mol. The molecule has 1 heterocycles. The predicted molar refractivity (Wildman–Crippen MR) is 108 cm³/mol. The smallest absolute Gasteiger partial charge is 0.253 e. The molecule has 27 heavy (non-hydrogen) atoms. The number of amides is 1. The summed E-state index contributed by atoms with van der Waals surface area (Å²) >= 11 is 0. The van der Waals surface area contributed by atoms with Crippen molar-refractivity contribution in [2.45, 2.75) is 11.4 Å². The summed E-state index contributed by atoms with van der Waals surface area (Å²) in [6.07, 6.45) is 0. The first-order valence-electron chi connectivity index (χ1n) is 8.34. The zero-order chi connectivity index (χ0) is 18.7. The molecule has 0 bridgehead atoms. The van der Waals surface area contributed by atoms with Crippen LogP contribution >= 0.6 is 12.4 Å². The number of hydrogen-bond acceptors (Lipinski definition) is 5. The van der Waals surface area contributed by atoms with Crippen molar-refractivity contribution in [1.82, 2.24) is 4.90 Å². The number of carbonyl (C=O) groups excluding carboxylic acids is 1. The third-order valence-corrected chi connectivity index (χ3v) is 5.46. The minimum Gasteiger partial charge on any atom is -0.368 e. The Bertz CT molecular complexity index is 878. The van der Waals surface area contributed by atoms with Crippen molar-refractivity contribution in [3.05, 3.63) is 59.7 Å². The van der Waals surface area contributed by atoms with E-state index >= 15 is 0 Å². The van der Waals surface area contributed by atoms with Crippen LogP contribution in [0.1, 0.15) is 15.9 Å². The highest BCUT2D eigenvalue weighted by atomic mass is 35.5. The van der Waals surface area contributed by atoms with Crippen molar-refractivity contribution < 1.29 is 13.2 Å². The van der Waals surface area contributed by atoms with Gasteiger partial charge in [0.2, 0.25) is 10.0 Å². The lowest BCUT2D eigenvalue weighted by Crippen LogP contribution is -2.48. The predicted octanol–water partition coefficient (Wildman–Crippen LogP) is 1.18. The number of benzene rings is 2. The molecule has 4 N–H and O–H groups in total. The molecule has 3 rings (SSSR count). The van der Waals surface area contributed by atoms with Crippen LogP contribution < -0.4 is 15.8 Å². The number of primary sulfonamides is 1. The first kappa shape index (κ1) is 21.2. The molecule has 0 radical (unpaired) electrons. The van der Waals surface area contributed by atoms with E-state index in [1.54, 1.807) is 12.1 Å². The summed E-state index contributed by atoms with van der Waals surface area (Å²) in [7, 11) is -3.69. The number of nitrogens with zero attached hydrogens (tertiary/aromatic N) is 2. The van der Waals surface area contributed by atoms with Gasteiger partial charge in [-0.25, -0.2) is 13.6 Å². The van der Waals surface area contributed by atoms with Crippen LogP contribution in [0.15, 0.2) is 53.4 Å².